The molecule has 2 aromatic rings. The van der Waals surface area contributed by atoms with Crippen molar-refractivity contribution in [3.8, 4) is 6.07 Å². The number of nitrogens with zero attached hydrogens (tertiary/aromatic N) is 1. The summed E-state index contributed by atoms with van der Waals surface area (Å²) in [5, 5.41) is 8.07. The number of hydrogen-bond acceptors (Lipinski definition) is 3. The third kappa shape index (κ3) is 2.67. The quantitative estimate of drug-likeness (QED) is 0.862. The van der Waals surface area contributed by atoms with E-state index in [0.717, 1.165) is 5.56 Å². The van der Waals surface area contributed by atoms with Gasteiger partial charge in [0.2, 0.25) is 0 Å². The molecule has 0 aliphatic heterocycles. The van der Waals surface area contributed by atoms with Crippen molar-refractivity contribution >= 4 is 9.84 Å². The lowest BCUT2D eigenvalue weighted by Gasteiger charge is -2.11. The van der Waals surface area contributed by atoms with Crippen LogP contribution in [0.2, 0.25) is 0 Å². The van der Waals surface area contributed by atoms with Crippen LogP contribution in [-0.4, -0.2) is 8.42 Å². The molecule has 0 saturated heterocycles. The van der Waals surface area contributed by atoms with E-state index in [1.54, 1.807) is 36.4 Å². The fraction of sp³-hybridized carbons (Fsp3) is 0.133. The fourth-order valence-electron chi connectivity index (χ4n) is 1.90. The molecule has 0 N–H and O–H groups in total. The van der Waals surface area contributed by atoms with Gasteiger partial charge in [-0.3, -0.25) is 0 Å². The van der Waals surface area contributed by atoms with Crippen LogP contribution < -0.4 is 0 Å². The number of nitriles is 1. The maximum absolute atomic E-state index is 12.5. The molecule has 0 spiro atoms. The molecule has 0 amide bonds. The fourth-order valence-corrected chi connectivity index (χ4v) is 3.35. The molecule has 0 aromatic heterocycles. The van der Waals surface area contributed by atoms with Crippen molar-refractivity contribution in [2.24, 2.45) is 0 Å². The first-order valence-corrected chi connectivity index (χ1v) is 7.35. The topological polar surface area (TPSA) is 57.9 Å². The van der Waals surface area contributed by atoms with Crippen molar-refractivity contribution in [3.05, 3.63) is 65.7 Å². The molecule has 1 unspecified atom stereocenters. The van der Waals surface area contributed by atoms with E-state index < -0.39 is 15.1 Å². The third-order valence-electron chi connectivity index (χ3n) is 2.84. The minimum Gasteiger partial charge on any atom is -0.222 e. The van der Waals surface area contributed by atoms with Gasteiger partial charge in [0, 0.05) is 0 Å². The van der Waals surface area contributed by atoms with E-state index in [-0.39, 0.29) is 4.90 Å². The summed E-state index contributed by atoms with van der Waals surface area (Å²) >= 11 is 0. The molecular formula is C15H13NO2S. The Balaban J connectivity index is 2.52. The Labute approximate surface area is 113 Å². The maximum Gasteiger partial charge on any atom is 0.198 e. The third-order valence-corrected chi connectivity index (χ3v) is 4.77. The van der Waals surface area contributed by atoms with Crippen LogP contribution in [0.1, 0.15) is 16.4 Å². The number of rotatable bonds is 3. The molecule has 2 aromatic carbocycles. The standard InChI is InChI=1S/C15H13NO2S/c1-12-6-5-7-13(10-12)15(11-16)19(17,18)14-8-3-2-4-9-14/h2-10,15H,1H3. The largest absolute Gasteiger partial charge is 0.222 e. The van der Waals surface area contributed by atoms with E-state index in [9.17, 15) is 13.7 Å². The molecule has 0 aliphatic rings. The Kier molecular flexibility index (Phi) is 3.68. The van der Waals surface area contributed by atoms with Crippen molar-refractivity contribution in [1.82, 2.24) is 0 Å². The monoisotopic (exact) mass is 271 g/mol. The Morgan fingerprint density at radius 1 is 1.05 bits per heavy atom. The van der Waals surface area contributed by atoms with Gasteiger partial charge in [-0.15, -0.1) is 0 Å². The molecule has 0 heterocycles. The molecule has 96 valence electrons. The summed E-state index contributed by atoms with van der Waals surface area (Å²) in [5.41, 5.74) is 1.44. The maximum atomic E-state index is 12.5. The number of hydrogen-bond donors (Lipinski definition) is 0. The van der Waals surface area contributed by atoms with E-state index in [2.05, 4.69) is 0 Å². The van der Waals surface area contributed by atoms with Crippen LogP contribution in [0, 0.1) is 18.3 Å². The predicted octanol–water partition coefficient (Wildman–Crippen LogP) is 3.03. The van der Waals surface area contributed by atoms with Gasteiger partial charge in [-0.1, -0.05) is 48.0 Å². The Morgan fingerprint density at radius 2 is 1.74 bits per heavy atom. The SMILES string of the molecule is Cc1cccc(C(C#N)S(=O)(=O)c2ccccc2)c1. The second-order valence-corrected chi connectivity index (χ2v) is 6.31. The lowest BCUT2D eigenvalue weighted by Crippen LogP contribution is -2.12. The molecular weight excluding hydrogens is 258 g/mol. The average Bonchev–Trinajstić information content (AvgIpc) is 2.40. The molecule has 0 fully saturated rings. The lowest BCUT2D eigenvalue weighted by molar-refractivity contribution is 0.591. The summed E-state index contributed by atoms with van der Waals surface area (Å²) in [6.45, 7) is 1.87. The molecule has 0 bridgehead atoms. The van der Waals surface area contributed by atoms with Gasteiger partial charge in [-0.25, -0.2) is 8.42 Å². The highest BCUT2D eigenvalue weighted by Crippen LogP contribution is 2.28. The normalized spacial score (nSPS) is 12.6. The highest BCUT2D eigenvalue weighted by Gasteiger charge is 2.28. The zero-order chi connectivity index (χ0) is 13.9. The van der Waals surface area contributed by atoms with Crippen molar-refractivity contribution in [2.75, 3.05) is 0 Å². The summed E-state index contributed by atoms with van der Waals surface area (Å²) in [6.07, 6.45) is 0. The summed E-state index contributed by atoms with van der Waals surface area (Å²) < 4.78 is 24.9. The Hall–Kier alpha value is -2.12. The van der Waals surface area contributed by atoms with Crippen molar-refractivity contribution in [2.45, 2.75) is 17.1 Å². The summed E-state index contributed by atoms with van der Waals surface area (Å²) in [5.74, 6) is 0. The van der Waals surface area contributed by atoms with Crippen LogP contribution in [0.5, 0.6) is 0 Å². The van der Waals surface area contributed by atoms with Crippen LogP contribution in [-0.2, 0) is 9.84 Å². The second kappa shape index (κ2) is 5.25. The van der Waals surface area contributed by atoms with Crippen LogP contribution in [0.3, 0.4) is 0 Å². The average molecular weight is 271 g/mol. The predicted molar refractivity (Wildman–Crippen MR) is 73.2 cm³/mol. The van der Waals surface area contributed by atoms with E-state index in [4.69, 9.17) is 0 Å². The smallest absolute Gasteiger partial charge is 0.198 e. The lowest BCUT2D eigenvalue weighted by atomic mass is 10.1. The van der Waals surface area contributed by atoms with Crippen LogP contribution >= 0.6 is 0 Å². The first kappa shape index (κ1) is 13.3. The van der Waals surface area contributed by atoms with Gasteiger partial charge < -0.3 is 0 Å². The number of aryl methyl sites for hydroxylation is 1. The molecule has 1 atom stereocenters. The summed E-state index contributed by atoms with van der Waals surface area (Å²) in [6, 6.07) is 17.0. The summed E-state index contributed by atoms with van der Waals surface area (Å²) in [4.78, 5) is 0.169. The molecule has 19 heavy (non-hydrogen) atoms. The molecule has 4 heteroatoms. The first-order chi connectivity index (χ1) is 9.05. The molecule has 0 saturated carbocycles. The van der Waals surface area contributed by atoms with Gasteiger partial charge in [0.05, 0.1) is 11.0 Å². The van der Waals surface area contributed by atoms with E-state index in [1.165, 1.54) is 12.1 Å². The molecule has 0 aliphatic carbocycles. The zero-order valence-corrected chi connectivity index (χ0v) is 11.3. The number of sulfone groups is 1. The van der Waals surface area contributed by atoms with Crippen molar-refractivity contribution in [3.63, 3.8) is 0 Å². The Morgan fingerprint density at radius 3 is 2.32 bits per heavy atom. The van der Waals surface area contributed by atoms with Gasteiger partial charge >= 0.3 is 0 Å². The molecule has 2 rings (SSSR count). The number of benzene rings is 2. The highest BCUT2D eigenvalue weighted by molar-refractivity contribution is 7.92. The van der Waals surface area contributed by atoms with Crippen LogP contribution in [0.25, 0.3) is 0 Å². The zero-order valence-electron chi connectivity index (χ0n) is 10.4. The van der Waals surface area contributed by atoms with Gasteiger partial charge in [-0.2, -0.15) is 5.26 Å². The van der Waals surface area contributed by atoms with Crippen LogP contribution in [0.4, 0.5) is 0 Å². The summed E-state index contributed by atoms with van der Waals surface area (Å²) in [7, 11) is -3.68. The second-order valence-electron chi connectivity index (χ2n) is 4.28. The van der Waals surface area contributed by atoms with Gasteiger partial charge in [0.1, 0.15) is 0 Å². The van der Waals surface area contributed by atoms with Gasteiger partial charge in [0.15, 0.2) is 15.1 Å². The van der Waals surface area contributed by atoms with Gasteiger partial charge in [-0.05, 0) is 24.6 Å². The van der Waals surface area contributed by atoms with Crippen molar-refractivity contribution < 1.29 is 8.42 Å². The molecule has 0 radical (unpaired) electrons. The highest BCUT2D eigenvalue weighted by atomic mass is 32.2. The minimum atomic E-state index is -3.68. The van der Waals surface area contributed by atoms with Gasteiger partial charge in [0.25, 0.3) is 0 Å². The minimum absolute atomic E-state index is 0.169. The van der Waals surface area contributed by atoms with E-state index in [1.807, 2.05) is 19.1 Å². The van der Waals surface area contributed by atoms with E-state index in [0.29, 0.717) is 5.56 Å². The van der Waals surface area contributed by atoms with Crippen LogP contribution in [0.15, 0.2) is 59.5 Å². The van der Waals surface area contributed by atoms with E-state index >= 15 is 0 Å². The first-order valence-electron chi connectivity index (χ1n) is 5.81. The molecule has 3 nitrogen and oxygen atoms in total. The Bertz CT molecular complexity index is 715. The van der Waals surface area contributed by atoms with Crippen molar-refractivity contribution in [1.29, 1.82) is 5.26 Å².